The summed E-state index contributed by atoms with van der Waals surface area (Å²) in [5.74, 6) is -0.189. The maximum atomic E-state index is 12.9. The summed E-state index contributed by atoms with van der Waals surface area (Å²) < 4.78 is 29.2. The zero-order chi connectivity index (χ0) is 24.8. The number of amides is 2. The van der Waals surface area contributed by atoms with E-state index in [1.165, 1.54) is 16.4 Å². The summed E-state index contributed by atoms with van der Waals surface area (Å²) in [5, 5.41) is 5.58. The van der Waals surface area contributed by atoms with Crippen molar-refractivity contribution in [3.05, 3.63) is 72.8 Å². The van der Waals surface area contributed by atoms with Gasteiger partial charge in [-0.2, -0.15) is 4.31 Å². The Bertz CT molecular complexity index is 1270. The molecule has 35 heavy (non-hydrogen) atoms. The number of hydrogen-bond donors (Lipinski definition) is 2. The van der Waals surface area contributed by atoms with Gasteiger partial charge in [-0.3, -0.25) is 9.59 Å². The fraction of sp³-hybridized carbons (Fsp3) is 0.320. The van der Waals surface area contributed by atoms with Crippen LogP contribution in [-0.4, -0.2) is 47.2 Å². The molecule has 0 spiro atoms. The van der Waals surface area contributed by atoms with Gasteiger partial charge >= 0.3 is 0 Å². The van der Waals surface area contributed by atoms with Gasteiger partial charge in [-0.25, -0.2) is 13.4 Å². The fourth-order valence-corrected chi connectivity index (χ4v) is 5.64. The van der Waals surface area contributed by atoms with Crippen molar-refractivity contribution in [2.24, 2.45) is 5.92 Å². The van der Waals surface area contributed by atoms with Gasteiger partial charge in [0.05, 0.1) is 11.2 Å². The van der Waals surface area contributed by atoms with E-state index in [2.05, 4.69) is 22.5 Å². The second kappa shape index (κ2) is 10.8. The average Bonchev–Trinajstić information content (AvgIpc) is 3.37. The lowest BCUT2D eigenvalue weighted by Crippen LogP contribution is -2.39. The molecule has 3 aromatic rings. The van der Waals surface area contributed by atoms with Crippen LogP contribution in [0.2, 0.25) is 0 Å². The van der Waals surface area contributed by atoms with Gasteiger partial charge in [0, 0.05) is 55.4 Å². The van der Waals surface area contributed by atoms with Gasteiger partial charge in [0.2, 0.25) is 15.9 Å². The molecule has 1 atom stereocenters. The first-order chi connectivity index (χ1) is 16.8. The molecule has 1 unspecified atom stereocenters. The molecule has 184 valence electrons. The van der Waals surface area contributed by atoms with Crippen molar-refractivity contribution in [2.75, 3.05) is 23.7 Å². The number of carbonyl (C=O) groups is 2. The highest BCUT2D eigenvalue weighted by molar-refractivity contribution is 7.89. The normalized spacial score (nSPS) is 16.5. The Morgan fingerprint density at radius 2 is 1.89 bits per heavy atom. The summed E-state index contributed by atoms with van der Waals surface area (Å²) in [6, 6.07) is 12.8. The molecule has 1 fully saturated rings. The van der Waals surface area contributed by atoms with Crippen molar-refractivity contribution in [3.8, 4) is 0 Å². The van der Waals surface area contributed by atoms with Crippen LogP contribution in [0.3, 0.4) is 0 Å². The molecule has 2 N–H and O–H groups in total. The van der Waals surface area contributed by atoms with Crippen LogP contribution >= 0.6 is 0 Å². The third-order valence-electron chi connectivity index (χ3n) is 5.93. The maximum absolute atomic E-state index is 12.9. The van der Waals surface area contributed by atoms with Crippen LogP contribution < -0.4 is 10.6 Å². The lowest BCUT2D eigenvalue weighted by Gasteiger charge is -2.30. The topological polar surface area (TPSA) is 113 Å². The zero-order valence-electron chi connectivity index (χ0n) is 19.6. The summed E-state index contributed by atoms with van der Waals surface area (Å²) in [6.45, 7) is 3.62. The minimum atomic E-state index is -3.55. The smallest absolute Gasteiger partial charge is 0.255 e. The van der Waals surface area contributed by atoms with Gasteiger partial charge in [-0.15, -0.1) is 0 Å². The Labute approximate surface area is 205 Å². The summed E-state index contributed by atoms with van der Waals surface area (Å²) in [5.41, 5.74) is 1.37. The summed E-state index contributed by atoms with van der Waals surface area (Å²) in [4.78, 5) is 29.1. The van der Waals surface area contributed by atoms with Crippen LogP contribution in [0.25, 0.3) is 0 Å². The molecule has 0 bridgehead atoms. The van der Waals surface area contributed by atoms with Crippen LogP contribution in [-0.2, 0) is 21.4 Å². The van der Waals surface area contributed by atoms with E-state index in [1.807, 2.05) is 4.57 Å². The molecular weight excluding hydrogens is 466 g/mol. The number of sulfonamides is 1. The number of nitrogens with one attached hydrogen (secondary N) is 2. The molecule has 0 radical (unpaired) electrons. The number of piperidine rings is 1. The molecule has 0 aliphatic carbocycles. The van der Waals surface area contributed by atoms with Crippen molar-refractivity contribution < 1.29 is 18.0 Å². The summed E-state index contributed by atoms with van der Waals surface area (Å²) in [7, 11) is -3.55. The minimum absolute atomic E-state index is 0.170. The highest BCUT2D eigenvalue weighted by atomic mass is 32.2. The maximum Gasteiger partial charge on any atom is 0.255 e. The van der Waals surface area contributed by atoms with E-state index in [0.717, 1.165) is 12.8 Å². The first-order valence-electron chi connectivity index (χ1n) is 11.6. The Hall–Kier alpha value is -3.50. The van der Waals surface area contributed by atoms with Crippen molar-refractivity contribution in [3.63, 3.8) is 0 Å². The molecule has 1 aliphatic rings. The Morgan fingerprint density at radius 3 is 2.60 bits per heavy atom. The second-order valence-corrected chi connectivity index (χ2v) is 10.7. The van der Waals surface area contributed by atoms with E-state index in [4.69, 9.17) is 0 Å². The van der Waals surface area contributed by atoms with Crippen LogP contribution in [0.1, 0.15) is 36.5 Å². The van der Waals surface area contributed by atoms with Gasteiger partial charge in [0.1, 0.15) is 0 Å². The largest absolute Gasteiger partial charge is 0.337 e. The molecule has 1 saturated heterocycles. The molecule has 2 amide bonds. The van der Waals surface area contributed by atoms with Crippen LogP contribution in [0.15, 0.2) is 72.1 Å². The number of aryl methyl sites for hydroxylation is 1. The standard InChI is InChI=1S/C25H29N5O4S/c1-19-4-3-13-30(17-19)35(33,34)23-9-7-21(8-10-23)28-25(32)20-5-2-6-22(16-20)27-24(31)11-14-29-15-12-26-18-29/h2,5-10,12,15-16,18-19H,3-4,11,13-14,17H2,1H3,(H,27,31)(H,28,32). The highest BCUT2D eigenvalue weighted by Gasteiger charge is 2.28. The van der Waals surface area contributed by atoms with E-state index >= 15 is 0 Å². The molecule has 9 nitrogen and oxygen atoms in total. The Kier molecular flexibility index (Phi) is 7.62. The molecule has 10 heteroatoms. The lowest BCUT2D eigenvalue weighted by molar-refractivity contribution is -0.116. The fourth-order valence-electron chi connectivity index (χ4n) is 4.04. The molecule has 1 aliphatic heterocycles. The highest BCUT2D eigenvalue weighted by Crippen LogP contribution is 2.24. The number of imidazole rings is 1. The number of carbonyl (C=O) groups excluding carboxylic acids is 2. The monoisotopic (exact) mass is 495 g/mol. The third kappa shape index (κ3) is 6.34. The first kappa shape index (κ1) is 24.6. The predicted octanol–water partition coefficient (Wildman–Crippen LogP) is 3.58. The van der Waals surface area contributed by atoms with Gasteiger partial charge < -0.3 is 15.2 Å². The molecule has 1 aromatic heterocycles. The number of anilines is 2. The Balaban J connectivity index is 1.36. The molecule has 4 rings (SSSR count). The number of aromatic nitrogens is 2. The van der Waals surface area contributed by atoms with E-state index in [9.17, 15) is 18.0 Å². The Morgan fingerprint density at radius 1 is 1.09 bits per heavy atom. The van der Waals surface area contributed by atoms with Crippen molar-refractivity contribution in [1.82, 2.24) is 13.9 Å². The minimum Gasteiger partial charge on any atom is -0.337 e. The second-order valence-electron chi connectivity index (χ2n) is 8.77. The van der Waals surface area contributed by atoms with Crippen molar-refractivity contribution >= 4 is 33.2 Å². The SMILES string of the molecule is CC1CCCN(S(=O)(=O)c2ccc(NC(=O)c3cccc(NC(=O)CCn4ccnc4)c3)cc2)C1. The number of nitrogens with zero attached hydrogens (tertiary/aromatic N) is 3. The predicted molar refractivity (Wildman–Crippen MR) is 133 cm³/mol. The molecule has 2 aromatic carbocycles. The van der Waals surface area contributed by atoms with Gasteiger partial charge in [-0.1, -0.05) is 13.0 Å². The van der Waals surface area contributed by atoms with Gasteiger partial charge in [0.25, 0.3) is 5.91 Å². The summed E-state index contributed by atoms with van der Waals surface area (Å²) >= 11 is 0. The van der Waals surface area contributed by atoms with Gasteiger partial charge in [-0.05, 0) is 61.2 Å². The quantitative estimate of drug-likeness (QED) is 0.496. The molecular formula is C25H29N5O4S. The molecule has 2 heterocycles. The van der Waals surface area contributed by atoms with Crippen LogP contribution in [0.5, 0.6) is 0 Å². The van der Waals surface area contributed by atoms with Crippen molar-refractivity contribution in [1.29, 1.82) is 0 Å². The van der Waals surface area contributed by atoms with E-state index in [0.29, 0.717) is 42.5 Å². The zero-order valence-corrected chi connectivity index (χ0v) is 20.4. The number of rotatable bonds is 8. The van der Waals surface area contributed by atoms with E-state index < -0.39 is 10.0 Å². The van der Waals surface area contributed by atoms with E-state index in [-0.39, 0.29) is 23.1 Å². The van der Waals surface area contributed by atoms with E-state index in [1.54, 1.807) is 55.1 Å². The van der Waals surface area contributed by atoms with Crippen LogP contribution in [0.4, 0.5) is 11.4 Å². The van der Waals surface area contributed by atoms with Gasteiger partial charge in [0.15, 0.2) is 0 Å². The summed E-state index contributed by atoms with van der Waals surface area (Å²) in [6.07, 6.45) is 7.26. The van der Waals surface area contributed by atoms with Crippen LogP contribution in [0, 0.1) is 5.92 Å². The lowest BCUT2D eigenvalue weighted by atomic mass is 10.0. The number of hydrogen-bond acceptors (Lipinski definition) is 5. The number of benzene rings is 2. The first-order valence-corrected chi connectivity index (χ1v) is 13.0. The molecule has 0 saturated carbocycles. The third-order valence-corrected chi connectivity index (χ3v) is 7.81. The van der Waals surface area contributed by atoms with Crippen molar-refractivity contribution in [2.45, 2.75) is 37.6 Å². The average molecular weight is 496 g/mol.